The summed E-state index contributed by atoms with van der Waals surface area (Å²) in [6.07, 6.45) is 3.19. The normalized spacial score (nSPS) is 13.1. The highest BCUT2D eigenvalue weighted by atomic mass is 32.1. The van der Waals surface area contributed by atoms with Gasteiger partial charge < -0.3 is 20.1 Å². The van der Waals surface area contributed by atoms with E-state index >= 15 is 0 Å². The molecule has 1 unspecified atom stereocenters. The summed E-state index contributed by atoms with van der Waals surface area (Å²) in [5, 5.41) is 7.55. The Balaban J connectivity index is 2.13. The minimum absolute atomic E-state index is 0.00453. The van der Waals surface area contributed by atoms with E-state index in [0.717, 1.165) is 22.5 Å². The summed E-state index contributed by atoms with van der Waals surface area (Å²) in [5.41, 5.74) is 2.81. The van der Waals surface area contributed by atoms with Crippen molar-refractivity contribution in [2.45, 2.75) is 39.3 Å². The minimum Gasteiger partial charge on any atom is -0.444 e. The Morgan fingerprint density at radius 3 is 2.69 bits per heavy atom. The maximum Gasteiger partial charge on any atom is 0.408 e. The summed E-state index contributed by atoms with van der Waals surface area (Å²) < 4.78 is 10.3. The molecule has 2 aromatic rings. The molecule has 0 saturated heterocycles. The average molecular weight is 459 g/mol. The van der Waals surface area contributed by atoms with Crippen LogP contribution in [0.3, 0.4) is 0 Å². The van der Waals surface area contributed by atoms with Gasteiger partial charge in [-0.2, -0.15) is 0 Å². The van der Waals surface area contributed by atoms with Crippen LogP contribution in [-0.4, -0.2) is 55.1 Å². The van der Waals surface area contributed by atoms with Gasteiger partial charge in [0, 0.05) is 30.7 Å². The molecule has 1 aromatic heterocycles. The lowest BCUT2D eigenvalue weighted by atomic mass is 10.0. The zero-order chi connectivity index (χ0) is 23.7. The molecule has 1 heterocycles. The van der Waals surface area contributed by atoms with Crippen LogP contribution in [0.1, 0.15) is 33.3 Å². The van der Waals surface area contributed by atoms with Crippen LogP contribution in [0.25, 0.3) is 11.3 Å². The van der Waals surface area contributed by atoms with Gasteiger partial charge in [-0.25, -0.2) is 9.78 Å². The zero-order valence-electron chi connectivity index (χ0n) is 19.3. The molecule has 1 atom stereocenters. The van der Waals surface area contributed by atoms with E-state index in [1.54, 1.807) is 27.8 Å². The van der Waals surface area contributed by atoms with Gasteiger partial charge in [0.05, 0.1) is 18.0 Å². The molecule has 0 bridgehead atoms. The molecule has 0 aliphatic heterocycles. The highest BCUT2D eigenvalue weighted by Gasteiger charge is 2.25. The van der Waals surface area contributed by atoms with Crippen molar-refractivity contribution in [3.63, 3.8) is 0 Å². The summed E-state index contributed by atoms with van der Waals surface area (Å²) in [6.45, 7) is 7.18. The molecule has 0 aliphatic carbocycles. The number of alkyl carbamates (subject to hydrolysis) is 1. The van der Waals surface area contributed by atoms with Crippen molar-refractivity contribution in [3.05, 3.63) is 47.4 Å². The van der Waals surface area contributed by atoms with Crippen LogP contribution >= 0.6 is 11.3 Å². The number of methoxy groups -OCH3 is 1. The topological polar surface area (TPSA) is 102 Å². The molecule has 8 nitrogen and oxygen atoms in total. The number of anilines is 1. The predicted octanol–water partition coefficient (Wildman–Crippen LogP) is 4.28. The molecule has 0 radical (unpaired) electrons. The summed E-state index contributed by atoms with van der Waals surface area (Å²) in [5.74, 6) is -0.444. The van der Waals surface area contributed by atoms with Gasteiger partial charge in [-0.3, -0.25) is 9.79 Å². The van der Waals surface area contributed by atoms with Crippen molar-refractivity contribution in [3.8, 4) is 11.3 Å². The lowest BCUT2D eigenvalue weighted by Gasteiger charge is -2.22. The maximum atomic E-state index is 12.7. The zero-order valence-corrected chi connectivity index (χ0v) is 20.1. The van der Waals surface area contributed by atoms with Crippen LogP contribution in [0.5, 0.6) is 0 Å². The van der Waals surface area contributed by atoms with E-state index in [1.807, 2.05) is 48.7 Å². The number of carbonyl (C=O) groups excluding carboxylic acids is 2. The third-order valence-electron chi connectivity index (χ3n) is 4.09. The fraction of sp³-hybridized carbons (Fsp3) is 0.391. The lowest BCUT2D eigenvalue weighted by Crippen LogP contribution is -2.48. The summed E-state index contributed by atoms with van der Waals surface area (Å²) in [4.78, 5) is 33.6. The fourth-order valence-electron chi connectivity index (χ4n) is 2.75. The summed E-state index contributed by atoms with van der Waals surface area (Å²) in [6, 6.07) is 6.95. The molecule has 0 saturated carbocycles. The largest absolute Gasteiger partial charge is 0.444 e. The number of rotatable bonds is 8. The summed E-state index contributed by atoms with van der Waals surface area (Å²) >= 11 is 1.30. The van der Waals surface area contributed by atoms with Crippen LogP contribution < -0.4 is 10.6 Å². The van der Waals surface area contributed by atoms with E-state index in [4.69, 9.17) is 9.47 Å². The standard InChI is InChI=1S/C23H30N4O4S/c1-7-9-17(24-5)15-10-8-11-16(12-15)19-14-32-21(25-19)27-20(28)18(13-30-6)26-22(29)31-23(2,3)4/h7-12,14,18H,13H2,1-6H3,(H,26,29)(H,25,27,28)/b9-7-,24-17+. The van der Waals surface area contributed by atoms with Crippen LogP contribution in [0, 0.1) is 0 Å². The van der Waals surface area contributed by atoms with Crippen molar-refractivity contribution in [1.82, 2.24) is 10.3 Å². The molecule has 2 rings (SSSR count). The van der Waals surface area contributed by atoms with E-state index in [1.165, 1.54) is 18.4 Å². The van der Waals surface area contributed by atoms with Crippen molar-refractivity contribution in [2.75, 3.05) is 26.1 Å². The van der Waals surface area contributed by atoms with Gasteiger partial charge in [0.2, 0.25) is 0 Å². The second-order valence-corrected chi connectivity index (χ2v) is 8.73. The first-order valence-corrected chi connectivity index (χ1v) is 11.0. The molecular weight excluding hydrogens is 428 g/mol. The quantitative estimate of drug-likeness (QED) is 0.575. The number of aliphatic imine (C=N–C) groups is 1. The Kier molecular flexibility index (Phi) is 9.10. The number of amides is 2. The van der Waals surface area contributed by atoms with E-state index in [9.17, 15) is 9.59 Å². The molecule has 2 N–H and O–H groups in total. The number of ether oxygens (including phenoxy) is 2. The lowest BCUT2D eigenvalue weighted by molar-refractivity contribution is -0.119. The van der Waals surface area contributed by atoms with E-state index in [0.29, 0.717) is 5.13 Å². The molecule has 1 aromatic carbocycles. The Hall–Kier alpha value is -3.04. The monoisotopic (exact) mass is 458 g/mol. The van der Waals surface area contributed by atoms with Crippen LogP contribution in [0.4, 0.5) is 9.93 Å². The van der Waals surface area contributed by atoms with Gasteiger partial charge in [0.25, 0.3) is 5.91 Å². The Labute approximate surface area is 192 Å². The van der Waals surface area contributed by atoms with Gasteiger partial charge >= 0.3 is 6.09 Å². The second kappa shape index (κ2) is 11.5. The number of carbonyl (C=O) groups is 2. The number of hydrogen-bond acceptors (Lipinski definition) is 7. The third-order valence-corrected chi connectivity index (χ3v) is 4.85. The Morgan fingerprint density at radius 2 is 2.06 bits per heavy atom. The first-order chi connectivity index (χ1) is 15.2. The first kappa shape index (κ1) is 25.2. The predicted molar refractivity (Wildman–Crippen MR) is 128 cm³/mol. The molecule has 0 fully saturated rings. The minimum atomic E-state index is -0.922. The first-order valence-electron chi connectivity index (χ1n) is 10.1. The molecular formula is C23H30N4O4S. The van der Waals surface area contributed by atoms with Gasteiger partial charge in [0.1, 0.15) is 11.6 Å². The van der Waals surface area contributed by atoms with Gasteiger partial charge in [-0.05, 0) is 39.8 Å². The smallest absolute Gasteiger partial charge is 0.408 e. The van der Waals surface area contributed by atoms with Crippen molar-refractivity contribution in [1.29, 1.82) is 0 Å². The SMILES string of the molecule is C/C=C\C(=N/C)c1cccc(-c2csc(NC(=O)C(COC)NC(=O)OC(C)(C)C)n2)c1. The molecule has 9 heteroatoms. The molecule has 172 valence electrons. The molecule has 0 aliphatic rings. The number of thiazole rings is 1. The van der Waals surface area contributed by atoms with Crippen LogP contribution in [0.15, 0.2) is 46.8 Å². The second-order valence-electron chi connectivity index (χ2n) is 7.87. The fourth-order valence-corrected chi connectivity index (χ4v) is 3.47. The highest BCUT2D eigenvalue weighted by molar-refractivity contribution is 7.14. The van der Waals surface area contributed by atoms with E-state index < -0.39 is 23.6 Å². The molecule has 0 spiro atoms. The van der Waals surface area contributed by atoms with Crippen LogP contribution in [-0.2, 0) is 14.3 Å². The van der Waals surface area contributed by atoms with Gasteiger partial charge in [-0.1, -0.05) is 24.3 Å². The van der Waals surface area contributed by atoms with Crippen LogP contribution in [0.2, 0.25) is 0 Å². The molecule has 2 amide bonds. The Morgan fingerprint density at radius 1 is 1.31 bits per heavy atom. The number of hydrogen-bond donors (Lipinski definition) is 2. The number of allylic oxidation sites excluding steroid dienone is 2. The number of aromatic nitrogens is 1. The number of benzene rings is 1. The van der Waals surface area contributed by atoms with Crippen molar-refractivity contribution in [2.24, 2.45) is 4.99 Å². The average Bonchev–Trinajstić information content (AvgIpc) is 3.19. The van der Waals surface area contributed by atoms with Crippen molar-refractivity contribution >= 4 is 34.2 Å². The number of nitrogens with zero attached hydrogens (tertiary/aromatic N) is 2. The molecule has 32 heavy (non-hydrogen) atoms. The highest BCUT2D eigenvalue weighted by Crippen LogP contribution is 2.26. The van der Waals surface area contributed by atoms with Crippen molar-refractivity contribution < 1.29 is 19.1 Å². The van der Waals surface area contributed by atoms with Gasteiger partial charge in [-0.15, -0.1) is 11.3 Å². The maximum absolute atomic E-state index is 12.7. The van der Waals surface area contributed by atoms with Gasteiger partial charge in [0.15, 0.2) is 5.13 Å². The van der Waals surface area contributed by atoms with E-state index in [2.05, 4.69) is 20.6 Å². The van der Waals surface area contributed by atoms with E-state index in [-0.39, 0.29) is 6.61 Å². The third kappa shape index (κ3) is 7.58. The Bertz CT molecular complexity index is 992. The summed E-state index contributed by atoms with van der Waals surface area (Å²) in [7, 11) is 3.20. The number of nitrogens with one attached hydrogen (secondary N) is 2.